The topological polar surface area (TPSA) is 382 Å². The second kappa shape index (κ2) is 27.4. The van der Waals surface area contributed by atoms with Crippen molar-refractivity contribution in [3.63, 3.8) is 0 Å². The molecule has 0 amide bonds. The van der Waals surface area contributed by atoms with E-state index in [0.29, 0.717) is 51.1 Å². The van der Waals surface area contributed by atoms with E-state index >= 15 is 0 Å². The lowest BCUT2D eigenvalue weighted by atomic mass is 10.0. The van der Waals surface area contributed by atoms with Crippen LogP contribution >= 0.6 is 0 Å². The van der Waals surface area contributed by atoms with Crippen LogP contribution in [0.4, 0.5) is 0 Å². The van der Waals surface area contributed by atoms with Crippen LogP contribution in [0, 0.1) is 11.8 Å². The molecule has 0 saturated heterocycles. The third kappa shape index (κ3) is 34.3. The van der Waals surface area contributed by atoms with E-state index in [9.17, 15) is 19.2 Å². The van der Waals surface area contributed by atoms with Gasteiger partial charge in [-0.05, 0) is 43.9 Å². The maximum atomic E-state index is 10.2. The van der Waals surface area contributed by atoms with Gasteiger partial charge in [-0.1, -0.05) is 34.1 Å². The van der Waals surface area contributed by atoms with Gasteiger partial charge in [-0.3, -0.25) is 29.2 Å². The van der Waals surface area contributed by atoms with Gasteiger partial charge in [0.1, 0.15) is 24.2 Å². The molecule has 0 saturated carbocycles. The number of carbonyl (C=O) groups is 4. The molecule has 20 N–H and O–H groups in total. The van der Waals surface area contributed by atoms with E-state index in [0.717, 1.165) is 6.42 Å². The zero-order valence-corrected chi connectivity index (χ0v) is 25.1. The Kier molecular flexibility index (Phi) is 29.6. The fourth-order valence-electron chi connectivity index (χ4n) is 2.39. The number of hydrogen-bond donors (Lipinski definition) is 12. The maximum Gasteiger partial charge on any atom is 0.320 e. The van der Waals surface area contributed by atoms with Crippen LogP contribution in [0.3, 0.4) is 0 Å². The summed E-state index contributed by atoms with van der Waals surface area (Å²) in [4.78, 5) is 48.1. The van der Waals surface area contributed by atoms with Gasteiger partial charge in [0.2, 0.25) is 0 Å². The lowest BCUT2D eigenvalue weighted by molar-refractivity contribution is -0.140. The van der Waals surface area contributed by atoms with Gasteiger partial charge in [-0.25, -0.2) is 0 Å². The molecular weight excluding hydrogens is 556 g/mol. The molecule has 5 unspecified atom stereocenters. The van der Waals surface area contributed by atoms with E-state index in [1.165, 1.54) is 0 Å². The molecule has 0 fully saturated rings. The van der Waals surface area contributed by atoms with Gasteiger partial charge in [0.25, 0.3) is 0 Å². The molecule has 0 spiro atoms. The third-order valence-electron chi connectivity index (χ3n) is 5.15. The SMILES string of the molecule is CC(C)CC(N)C(=O)O.CCC(C)C(N)C(=O)O.NC(N)=NCCCC(N)C(=O)O.NC(N)=NCCCC(N)C(=O)O. The summed E-state index contributed by atoms with van der Waals surface area (Å²) in [7, 11) is 0. The van der Waals surface area contributed by atoms with Crippen LogP contribution in [0.1, 0.15) is 66.2 Å². The molecule has 0 radical (unpaired) electrons. The van der Waals surface area contributed by atoms with Crippen LogP contribution in [0.2, 0.25) is 0 Å². The molecule has 0 aromatic carbocycles. The van der Waals surface area contributed by atoms with E-state index in [2.05, 4.69) is 9.98 Å². The highest BCUT2D eigenvalue weighted by Crippen LogP contribution is 2.04. The Labute approximate surface area is 246 Å². The quantitative estimate of drug-likeness (QED) is 0.0500. The molecule has 0 aliphatic heterocycles. The molecule has 248 valence electrons. The zero-order chi connectivity index (χ0) is 34.0. The monoisotopic (exact) mass is 610 g/mol. The highest BCUT2D eigenvalue weighted by molar-refractivity contribution is 5.76. The maximum absolute atomic E-state index is 10.2. The smallest absolute Gasteiger partial charge is 0.320 e. The first-order chi connectivity index (χ1) is 19.2. The highest BCUT2D eigenvalue weighted by Gasteiger charge is 2.17. The normalized spacial score (nSPS) is 13.5. The molecule has 0 aliphatic rings. The van der Waals surface area contributed by atoms with Crippen LogP contribution in [0.25, 0.3) is 0 Å². The predicted octanol–water partition coefficient (Wildman–Crippen LogP) is -2.21. The van der Waals surface area contributed by atoms with E-state index < -0.39 is 48.0 Å². The number of carboxylic acid groups (broad SMARTS) is 4. The van der Waals surface area contributed by atoms with Crippen molar-refractivity contribution in [3.05, 3.63) is 0 Å². The predicted molar refractivity (Wildman–Crippen MR) is 161 cm³/mol. The Hall–Kier alpha value is -3.74. The van der Waals surface area contributed by atoms with Crippen molar-refractivity contribution in [3.8, 4) is 0 Å². The van der Waals surface area contributed by atoms with Gasteiger partial charge in [0, 0.05) is 13.1 Å². The summed E-state index contributed by atoms with van der Waals surface area (Å²) in [5.41, 5.74) is 41.1. The van der Waals surface area contributed by atoms with Crippen LogP contribution in [0.5, 0.6) is 0 Å². The number of hydrogen-bond acceptors (Lipinski definition) is 10. The summed E-state index contributed by atoms with van der Waals surface area (Å²) in [6, 6.07) is -3.03. The number of nitrogens with zero attached hydrogens (tertiary/aromatic N) is 2. The number of guanidine groups is 2. The molecule has 0 aromatic rings. The summed E-state index contributed by atoms with van der Waals surface area (Å²) < 4.78 is 0. The van der Waals surface area contributed by atoms with Crippen molar-refractivity contribution < 1.29 is 39.6 Å². The minimum Gasteiger partial charge on any atom is -0.480 e. The van der Waals surface area contributed by atoms with Crippen molar-refractivity contribution in [2.24, 2.45) is 67.7 Å². The van der Waals surface area contributed by atoms with E-state index in [1.54, 1.807) is 0 Å². The molecule has 0 heterocycles. The summed E-state index contributed by atoms with van der Waals surface area (Å²) >= 11 is 0. The number of aliphatic carboxylic acids is 4. The first-order valence-electron chi connectivity index (χ1n) is 13.2. The van der Waals surface area contributed by atoms with Crippen molar-refractivity contribution >= 4 is 35.8 Å². The third-order valence-corrected chi connectivity index (χ3v) is 5.15. The van der Waals surface area contributed by atoms with Gasteiger partial charge < -0.3 is 66.3 Å². The average molecular weight is 611 g/mol. The molecule has 18 heteroatoms. The Balaban J connectivity index is -0.000000231. The number of nitrogens with two attached hydrogens (primary N) is 8. The summed E-state index contributed by atoms with van der Waals surface area (Å²) in [6.07, 6.45) is 3.28. The Morgan fingerprint density at radius 1 is 0.619 bits per heavy atom. The largest absolute Gasteiger partial charge is 0.480 e. The van der Waals surface area contributed by atoms with E-state index in [1.807, 2.05) is 27.7 Å². The van der Waals surface area contributed by atoms with Gasteiger partial charge >= 0.3 is 23.9 Å². The second-order valence-corrected chi connectivity index (χ2v) is 9.61. The molecule has 18 nitrogen and oxygen atoms in total. The average Bonchev–Trinajstić information content (AvgIpc) is 2.88. The highest BCUT2D eigenvalue weighted by atomic mass is 16.4. The van der Waals surface area contributed by atoms with Gasteiger partial charge in [0.15, 0.2) is 11.9 Å². The summed E-state index contributed by atoms with van der Waals surface area (Å²) in [6.45, 7) is 8.49. The zero-order valence-electron chi connectivity index (χ0n) is 25.1. The van der Waals surface area contributed by atoms with Crippen LogP contribution in [-0.2, 0) is 19.2 Å². The summed E-state index contributed by atoms with van der Waals surface area (Å²) in [5, 5.41) is 33.4. The van der Waals surface area contributed by atoms with Gasteiger partial charge in [0.05, 0.1) is 0 Å². The number of aliphatic imine (C=N–C) groups is 2. The van der Waals surface area contributed by atoms with Gasteiger partial charge in [-0.2, -0.15) is 0 Å². The van der Waals surface area contributed by atoms with Crippen LogP contribution in [-0.4, -0.2) is 93.5 Å². The molecule has 0 aliphatic carbocycles. The molecule has 5 atom stereocenters. The Morgan fingerprint density at radius 3 is 1.12 bits per heavy atom. The van der Waals surface area contributed by atoms with Crippen molar-refractivity contribution in [1.29, 1.82) is 0 Å². The lowest BCUT2D eigenvalue weighted by Crippen LogP contribution is -2.36. The van der Waals surface area contributed by atoms with Crippen LogP contribution < -0.4 is 45.9 Å². The number of carboxylic acids is 4. The van der Waals surface area contributed by atoms with E-state index in [-0.39, 0.29) is 17.8 Å². The molecular formula is C24H54N10O8. The fraction of sp³-hybridized carbons (Fsp3) is 0.750. The molecule has 42 heavy (non-hydrogen) atoms. The first kappa shape index (κ1) is 45.3. The minimum absolute atomic E-state index is 0.0129. The van der Waals surface area contributed by atoms with Gasteiger partial charge in [-0.15, -0.1) is 0 Å². The van der Waals surface area contributed by atoms with Crippen LogP contribution in [0.15, 0.2) is 9.98 Å². The summed E-state index contributed by atoms with van der Waals surface area (Å²) in [5.74, 6) is -3.37. The fourth-order valence-corrected chi connectivity index (χ4v) is 2.39. The Morgan fingerprint density at radius 2 is 0.952 bits per heavy atom. The van der Waals surface area contributed by atoms with Crippen molar-refractivity contribution in [2.45, 2.75) is 90.4 Å². The minimum atomic E-state index is -1.00. The Bertz CT molecular complexity index is 779. The lowest BCUT2D eigenvalue weighted by Gasteiger charge is -2.11. The standard InChI is InChI=1S/2C6H14N4O2.2C6H13NO2/c2*7-4(5(11)12)2-1-3-10-6(8)9;1-4(2)3-5(7)6(8)9;1-3-4(2)5(7)6(8)9/h2*4H,1-3,7H2,(H,11,12)(H4,8,9,10);2*4-5H,3,7H2,1-2H3,(H,8,9). The van der Waals surface area contributed by atoms with Crippen molar-refractivity contribution in [2.75, 3.05) is 13.1 Å². The first-order valence-corrected chi connectivity index (χ1v) is 13.2. The second-order valence-electron chi connectivity index (χ2n) is 9.61. The molecule has 0 bridgehead atoms. The molecule has 0 rings (SSSR count). The number of rotatable bonds is 16. The van der Waals surface area contributed by atoms with E-state index in [4.69, 9.17) is 66.3 Å². The molecule has 0 aromatic heterocycles. The van der Waals surface area contributed by atoms with Crippen molar-refractivity contribution in [1.82, 2.24) is 0 Å².